The Morgan fingerprint density at radius 2 is 2.17 bits per heavy atom. The highest BCUT2D eigenvalue weighted by Gasteiger charge is 2.31. The van der Waals surface area contributed by atoms with Gasteiger partial charge in [-0.1, -0.05) is 0 Å². The first kappa shape index (κ1) is 10.5. The Bertz CT molecular complexity index is 233. The van der Waals surface area contributed by atoms with E-state index in [0.29, 0.717) is 12.4 Å². The predicted octanol–water partition coefficient (Wildman–Crippen LogP) is 0.986. The van der Waals surface area contributed by atoms with Crippen molar-refractivity contribution in [2.75, 3.05) is 6.54 Å². The van der Waals surface area contributed by atoms with E-state index in [2.05, 4.69) is 10.7 Å². The maximum atomic E-state index is 11.8. The highest BCUT2D eigenvalue weighted by molar-refractivity contribution is 5.80. The van der Waals surface area contributed by atoms with Gasteiger partial charge in [-0.3, -0.25) is 4.99 Å². The van der Waals surface area contributed by atoms with Gasteiger partial charge in [0.1, 0.15) is 6.54 Å². The van der Waals surface area contributed by atoms with Crippen LogP contribution in [-0.2, 0) is 0 Å². The first-order chi connectivity index (χ1) is 5.52. The van der Waals surface area contributed by atoms with Crippen LogP contribution in [0.25, 0.3) is 0 Å². The minimum absolute atomic E-state index is 0.312. The van der Waals surface area contributed by atoms with Crippen molar-refractivity contribution in [3.63, 3.8) is 0 Å². The molecule has 0 aliphatic heterocycles. The first-order valence-electron chi connectivity index (χ1n) is 2.88. The molecule has 2 N–H and O–H groups in total. The Labute approximate surface area is 67.0 Å². The molecule has 0 aliphatic rings. The fourth-order valence-electron chi connectivity index (χ4n) is 0.396. The summed E-state index contributed by atoms with van der Waals surface area (Å²) in [7, 11) is 0. The van der Waals surface area contributed by atoms with Gasteiger partial charge in [-0.15, -0.1) is 0 Å². The van der Waals surface area contributed by atoms with Crippen LogP contribution >= 0.6 is 0 Å². The van der Waals surface area contributed by atoms with Crippen LogP contribution in [0.15, 0.2) is 16.8 Å². The summed E-state index contributed by atoms with van der Waals surface area (Å²) in [5.41, 5.74) is 3.63. The molecule has 0 aromatic carbocycles. The number of alkyl halides is 3. The normalized spacial score (nSPS) is 13.3. The third-order valence-corrected chi connectivity index (χ3v) is 0.899. The molecule has 12 heavy (non-hydrogen) atoms. The number of allylic oxidation sites excluding steroid dienone is 1. The van der Waals surface area contributed by atoms with Crippen molar-refractivity contribution in [1.82, 2.24) is 0 Å². The van der Waals surface area contributed by atoms with Gasteiger partial charge in [0.05, 0.1) is 11.6 Å². The van der Waals surface area contributed by atoms with Crippen molar-refractivity contribution in [2.24, 2.45) is 10.7 Å². The van der Waals surface area contributed by atoms with E-state index in [1.54, 1.807) is 6.07 Å². The molecule has 0 aromatic heterocycles. The second-order valence-corrected chi connectivity index (χ2v) is 1.75. The summed E-state index contributed by atoms with van der Waals surface area (Å²) in [5.74, 6) is 0. The molecular weight excluding hydrogens is 171 g/mol. The van der Waals surface area contributed by atoms with Crippen LogP contribution in [0.1, 0.15) is 0 Å². The lowest BCUT2D eigenvalue weighted by atomic mass is 10.3. The summed E-state index contributed by atoms with van der Waals surface area (Å²) in [4.78, 5) is 3.17. The zero-order valence-electron chi connectivity index (χ0n) is 5.97. The minimum Gasteiger partial charge on any atom is -0.404 e. The fourth-order valence-corrected chi connectivity index (χ4v) is 0.396. The third kappa shape index (κ3) is 3.61. The van der Waals surface area contributed by atoms with Crippen LogP contribution in [0.5, 0.6) is 0 Å². The summed E-state index contributed by atoms with van der Waals surface area (Å²) >= 11 is 0. The largest absolute Gasteiger partial charge is 0.419 e. The number of hydrogen-bond acceptors (Lipinski definition) is 3. The molecule has 0 rings (SSSR count). The number of hydrogen-bond donors (Lipinski definition) is 1. The van der Waals surface area contributed by atoms with Crippen LogP contribution < -0.4 is 5.73 Å². The predicted molar refractivity (Wildman–Crippen MR) is 37.3 cm³/mol. The summed E-state index contributed by atoms with van der Waals surface area (Å²) in [6, 6.07) is 1.57. The van der Waals surface area contributed by atoms with E-state index < -0.39 is 11.7 Å². The number of halogens is 3. The van der Waals surface area contributed by atoms with E-state index >= 15 is 0 Å². The standard InChI is InChI=1S/C6H6F3N3/c7-6(8,9)5(3-11)4-12-2-1-10/h3-4H,2,11H2. The van der Waals surface area contributed by atoms with Gasteiger partial charge in [-0.25, -0.2) is 0 Å². The van der Waals surface area contributed by atoms with Crippen LogP contribution in [0.2, 0.25) is 0 Å². The lowest BCUT2D eigenvalue weighted by Crippen LogP contribution is -2.14. The SMILES string of the molecule is N#CCN=CC(=CN)C(F)(F)F. The molecule has 0 aliphatic carbocycles. The van der Waals surface area contributed by atoms with Crippen molar-refractivity contribution >= 4 is 6.21 Å². The summed E-state index contributed by atoms with van der Waals surface area (Å²) < 4.78 is 35.5. The molecule has 0 heterocycles. The molecule has 0 saturated carbocycles. The summed E-state index contributed by atoms with van der Waals surface area (Å²) in [5, 5.41) is 7.96. The molecule has 0 aromatic rings. The number of nitrogens with two attached hydrogens (primary N) is 1. The number of rotatable bonds is 2. The quantitative estimate of drug-likeness (QED) is 0.504. The summed E-state index contributed by atoms with van der Waals surface area (Å²) in [6.07, 6.45) is -3.57. The van der Waals surface area contributed by atoms with Gasteiger partial charge >= 0.3 is 6.18 Å². The van der Waals surface area contributed by atoms with E-state index in [9.17, 15) is 13.2 Å². The molecule has 0 fully saturated rings. The van der Waals surface area contributed by atoms with Gasteiger partial charge < -0.3 is 5.73 Å². The van der Waals surface area contributed by atoms with Crippen molar-refractivity contribution in [1.29, 1.82) is 5.26 Å². The van der Waals surface area contributed by atoms with Gasteiger partial charge in [0.2, 0.25) is 0 Å². The lowest BCUT2D eigenvalue weighted by molar-refractivity contribution is -0.0857. The molecule has 0 radical (unpaired) electrons. The molecule has 66 valence electrons. The Hall–Kier alpha value is -1.51. The first-order valence-corrected chi connectivity index (χ1v) is 2.88. The number of nitrogens with zero attached hydrogens (tertiary/aromatic N) is 2. The molecule has 0 bridgehead atoms. The maximum absolute atomic E-state index is 11.8. The average Bonchev–Trinajstić information content (AvgIpc) is 1.95. The Morgan fingerprint density at radius 3 is 2.50 bits per heavy atom. The van der Waals surface area contributed by atoms with Crippen molar-refractivity contribution in [3.8, 4) is 6.07 Å². The molecular formula is C6H6F3N3. The molecule has 0 spiro atoms. The molecule has 0 unspecified atom stereocenters. The highest BCUT2D eigenvalue weighted by Crippen LogP contribution is 2.22. The second kappa shape index (κ2) is 4.38. The fraction of sp³-hybridized carbons (Fsp3) is 0.333. The molecule has 0 amide bonds. The van der Waals surface area contributed by atoms with Crippen molar-refractivity contribution in [2.45, 2.75) is 6.18 Å². The van der Waals surface area contributed by atoms with E-state index in [0.717, 1.165) is 0 Å². The highest BCUT2D eigenvalue weighted by atomic mass is 19.4. The van der Waals surface area contributed by atoms with Crippen LogP contribution in [0.3, 0.4) is 0 Å². The van der Waals surface area contributed by atoms with Crippen LogP contribution in [0, 0.1) is 11.3 Å². The zero-order chi connectivity index (χ0) is 9.61. The van der Waals surface area contributed by atoms with E-state index in [4.69, 9.17) is 5.26 Å². The average molecular weight is 177 g/mol. The van der Waals surface area contributed by atoms with Crippen molar-refractivity contribution in [3.05, 3.63) is 11.8 Å². The zero-order valence-corrected chi connectivity index (χ0v) is 5.97. The third-order valence-electron chi connectivity index (χ3n) is 0.899. The van der Waals surface area contributed by atoms with Gasteiger partial charge in [0, 0.05) is 12.4 Å². The Kier molecular flexibility index (Phi) is 3.83. The maximum Gasteiger partial charge on any atom is 0.419 e. The smallest absolute Gasteiger partial charge is 0.404 e. The second-order valence-electron chi connectivity index (χ2n) is 1.75. The van der Waals surface area contributed by atoms with E-state index in [1.165, 1.54) is 0 Å². The van der Waals surface area contributed by atoms with Gasteiger partial charge in [-0.2, -0.15) is 18.4 Å². The monoisotopic (exact) mass is 177 g/mol. The van der Waals surface area contributed by atoms with E-state index in [1.807, 2.05) is 0 Å². The van der Waals surface area contributed by atoms with Crippen molar-refractivity contribution < 1.29 is 13.2 Å². The molecule has 0 saturated heterocycles. The molecule has 6 heteroatoms. The topological polar surface area (TPSA) is 62.2 Å². The Balaban J connectivity index is 4.33. The lowest BCUT2D eigenvalue weighted by Gasteiger charge is -2.04. The van der Waals surface area contributed by atoms with Crippen LogP contribution in [0.4, 0.5) is 13.2 Å². The summed E-state index contributed by atoms with van der Waals surface area (Å²) in [6.45, 7) is -0.312. The molecule has 0 atom stereocenters. The van der Waals surface area contributed by atoms with Gasteiger partial charge in [0.25, 0.3) is 0 Å². The number of nitriles is 1. The number of aliphatic imine (C=N–C) groups is 1. The van der Waals surface area contributed by atoms with Gasteiger partial charge in [-0.05, 0) is 0 Å². The molecule has 3 nitrogen and oxygen atoms in total. The Morgan fingerprint density at radius 1 is 1.58 bits per heavy atom. The van der Waals surface area contributed by atoms with Gasteiger partial charge in [0.15, 0.2) is 0 Å². The van der Waals surface area contributed by atoms with Crippen LogP contribution in [-0.4, -0.2) is 18.9 Å². The van der Waals surface area contributed by atoms with E-state index in [-0.39, 0.29) is 6.54 Å². The minimum atomic E-state index is -4.51.